The number of aliphatic imine (C=N–C) groups is 1. The number of nitrogens with one attached hydrogen (secondary N) is 2. The molecule has 0 aliphatic rings. The lowest BCUT2D eigenvalue weighted by Crippen LogP contribution is -2.42. The third kappa shape index (κ3) is 6.80. The number of thiophene rings is 2. The van der Waals surface area contributed by atoms with Crippen molar-refractivity contribution in [1.29, 1.82) is 0 Å². The lowest BCUT2D eigenvalue weighted by atomic mass is 10.00. The van der Waals surface area contributed by atoms with Crippen molar-refractivity contribution in [1.82, 2.24) is 15.5 Å². The number of likely N-dealkylation sites (N-methyl/N-ethyl adjacent to an activating group) is 1. The van der Waals surface area contributed by atoms with Crippen molar-refractivity contribution in [3.8, 4) is 0 Å². The summed E-state index contributed by atoms with van der Waals surface area (Å²) in [5.41, 5.74) is -0.0568. The van der Waals surface area contributed by atoms with Crippen molar-refractivity contribution < 1.29 is 5.11 Å². The minimum Gasteiger partial charge on any atom is -0.383 e. The van der Waals surface area contributed by atoms with Gasteiger partial charge in [0.05, 0.1) is 12.6 Å². The average molecular weight is 508 g/mol. The molecule has 0 saturated carbocycles. The van der Waals surface area contributed by atoms with Crippen LogP contribution in [0.4, 0.5) is 0 Å². The molecule has 0 aliphatic carbocycles. The van der Waals surface area contributed by atoms with Gasteiger partial charge in [-0.05, 0) is 61.8 Å². The van der Waals surface area contributed by atoms with Gasteiger partial charge in [-0.2, -0.15) is 11.3 Å². The highest BCUT2D eigenvalue weighted by atomic mass is 127. The maximum atomic E-state index is 10.6. The molecule has 2 aromatic heterocycles. The van der Waals surface area contributed by atoms with Crippen molar-refractivity contribution >= 4 is 52.6 Å². The SMILES string of the molecule is CCNC(=NCC(C)(O)c1ccsc1)NCC(c1cccs1)N(C)C.I. The highest BCUT2D eigenvalue weighted by Crippen LogP contribution is 2.24. The first-order valence-electron chi connectivity index (χ1n) is 8.41. The topological polar surface area (TPSA) is 59.9 Å². The van der Waals surface area contributed by atoms with E-state index in [-0.39, 0.29) is 30.0 Å². The summed E-state index contributed by atoms with van der Waals surface area (Å²) in [4.78, 5) is 8.10. The van der Waals surface area contributed by atoms with Crippen LogP contribution in [-0.4, -0.2) is 49.7 Å². The summed E-state index contributed by atoms with van der Waals surface area (Å²) in [5.74, 6) is 0.724. The van der Waals surface area contributed by atoms with Crippen molar-refractivity contribution in [3.05, 3.63) is 44.8 Å². The van der Waals surface area contributed by atoms with Gasteiger partial charge in [0.25, 0.3) is 0 Å². The Morgan fingerprint density at radius 2 is 2.08 bits per heavy atom. The molecule has 2 unspecified atom stereocenters. The van der Waals surface area contributed by atoms with Crippen LogP contribution in [0.15, 0.2) is 39.3 Å². The molecule has 2 rings (SSSR count). The van der Waals surface area contributed by atoms with E-state index in [2.05, 4.69) is 52.1 Å². The average Bonchev–Trinajstić information content (AvgIpc) is 3.26. The predicted molar refractivity (Wildman–Crippen MR) is 124 cm³/mol. The van der Waals surface area contributed by atoms with E-state index in [0.717, 1.165) is 24.6 Å². The molecule has 3 N–H and O–H groups in total. The molecule has 5 nitrogen and oxygen atoms in total. The van der Waals surface area contributed by atoms with Crippen LogP contribution in [0.3, 0.4) is 0 Å². The minimum atomic E-state index is -0.961. The first-order chi connectivity index (χ1) is 11.9. The zero-order valence-electron chi connectivity index (χ0n) is 15.7. The summed E-state index contributed by atoms with van der Waals surface area (Å²) in [6.45, 7) is 5.68. The third-order valence-corrected chi connectivity index (χ3v) is 5.65. The van der Waals surface area contributed by atoms with Gasteiger partial charge in [-0.25, -0.2) is 4.99 Å². The molecule has 8 heteroatoms. The molecule has 0 amide bonds. The van der Waals surface area contributed by atoms with E-state index in [0.29, 0.717) is 6.54 Å². The Morgan fingerprint density at radius 1 is 1.31 bits per heavy atom. The Hall–Kier alpha value is -0.680. The number of aliphatic hydroxyl groups is 1. The van der Waals surface area contributed by atoms with E-state index in [9.17, 15) is 5.11 Å². The number of hydrogen-bond donors (Lipinski definition) is 3. The Bertz CT molecular complexity index is 642. The van der Waals surface area contributed by atoms with E-state index in [1.165, 1.54) is 4.88 Å². The summed E-state index contributed by atoms with van der Waals surface area (Å²) < 4.78 is 0. The zero-order valence-corrected chi connectivity index (χ0v) is 19.7. The quantitative estimate of drug-likeness (QED) is 0.290. The molecular formula is C18H29IN4OS2. The number of rotatable bonds is 8. The van der Waals surface area contributed by atoms with Crippen LogP contribution >= 0.6 is 46.7 Å². The largest absolute Gasteiger partial charge is 0.383 e. The molecule has 0 spiro atoms. The van der Waals surface area contributed by atoms with E-state index in [4.69, 9.17) is 0 Å². The van der Waals surface area contributed by atoms with Gasteiger partial charge in [0, 0.05) is 18.0 Å². The van der Waals surface area contributed by atoms with Crippen LogP contribution in [-0.2, 0) is 5.60 Å². The van der Waals surface area contributed by atoms with Crippen molar-refractivity contribution in [2.45, 2.75) is 25.5 Å². The van der Waals surface area contributed by atoms with Gasteiger partial charge in [-0.3, -0.25) is 0 Å². The van der Waals surface area contributed by atoms with Gasteiger partial charge in [0.15, 0.2) is 5.96 Å². The molecule has 2 atom stereocenters. The Labute approximate surface area is 181 Å². The molecule has 2 aromatic rings. The zero-order chi connectivity index (χ0) is 18.3. The smallest absolute Gasteiger partial charge is 0.191 e. The summed E-state index contributed by atoms with van der Waals surface area (Å²) in [6, 6.07) is 6.46. The molecule has 0 aromatic carbocycles. The van der Waals surface area contributed by atoms with Gasteiger partial charge in [-0.15, -0.1) is 35.3 Å². The van der Waals surface area contributed by atoms with E-state index < -0.39 is 5.60 Å². The predicted octanol–water partition coefficient (Wildman–Crippen LogP) is 3.49. The lowest BCUT2D eigenvalue weighted by Gasteiger charge is -2.25. The fourth-order valence-corrected chi connectivity index (χ4v) is 4.15. The molecule has 0 saturated heterocycles. The summed E-state index contributed by atoms with van der Waals surface area (Å²) in [7, 11) is 4.16. The van der Waals surface area contributed by atoms with Crippen molar-refractivity contribution in [3.63, 3.8) is 0 Å². The number of nitrogens with zero attached hydrogens (tertiary/aromatic N) is 2. The highest BCUT2D eigenvalue weighted by Gasteiger charge is 2.23. The second-order valence-corrected chi connectivity index (χ2v) is 8.12. The summed E-state index contributed by atoms with van der Waals surface area (Å²) >= 11 is 3.34. The van der Waals surface area contributed by atoms with Crippen LogP contribution < -0.4 is 10.6 Å². The van der Waals surface area contributed by atoms with Crippen LogP contribution in [0.5, 0.6) is 0 Å². The lowest BCUT2D eigenvalue weighted by molar-refractivity contribution is 0.0677. The van der Waals surface area contributed by atoms with Crippen LogP contribution in [0.1, 0.15) is 30.3 Å². The molecular weight excluding hydrogens is 479 g/mol. The van der Waals surface area contributed by atoms with Gasteiger partial charge in [0.2, 0.25) is 0 Å². The van der Waals surface area contributed by atoms with Crippen molar-refractivity contribution in [2.24, 2.45) is 4.99 Å². The van der Waals surface area contributed by atoms with E-state index in [1.807, 2.05) is 23.8 Å². The molecule has 0 bridgehead atoms. The Kier molecular flexibility index (Phi) is 10.1. The van der Waals surface area contributed by atoms with Crippen LogP contribution in [0.2, 0.25) is 0 Å². The van der Waals surface area contributed by atoms with Crippen molar-refractivity contribution in [2.75, 3.05) is 33.7 Å². The van der Waals surface area contributed by atoms with E-state index in [1.54, 1.807) is 29.6 Å². The van der Waals surface area contributed by atoms with Crippen LogP contribution in [0.25, 0.3) is 0 Å². The molecule has 26 heavy (non-hydrogen) atoms. The maximum absolute atomic E-state index is 10.6. The Morgan fingerprint density at radius 3 is 2.62 bits per heavy atom. The molecule has 2 heterocycles. The monoisotopic (exact) mass is 508 g/mol. The number of guanidine groups is 1. The van der Waals surface area contributed by atoms with Gasteiger partial charge < -0.3 is 20.6 Å². The normalized spacial score (nSPS) is 15.2. The number of hydrogen-bond acceptors (Lipinski definition) is 5. The first kappa shape index (κ1) is 23.4. The minimum absolute atomic E-state index is 0. The maximum Gasteiger partial charge on any atom is 0.191 e. The van der Waals surface area contributed by atoms with Gasteiger partial charge >= 0.3 is 0 Å². The second-order valence-electron chi connectivity index (χ2n) is 6.36. The second kappa shape index (κ2) is 11.2. The molecule has 146 valence electrons. The first-order valence-corrected chi connectivity index (χ1v) is 10.2. The fourth-order valence-electron chi connectivity index (χ4n) is 2.45. The highest BCUT2D eigenvalue weighted by molar-refractivity contribution is 14.0. The summed E-state index contributed by atoms with van der Waals surface area (Å²) in [6.07, 6.45) is 0. The summed E-state index contributed by atoms with van der Waals surface area (Å²) in [5, 5.41) is 23.3. The van der Waals surface area contributed by atoms with Gasteiger partial charge in [-0.1, -0.05) is 6.07 Å². The van der Waals surface area contributed by atoms with Gasteiger partial charge in [0.1, 0.15) is 5.60 Å². The van der Waals surface area contributed by atoms with Crippen LogP contribution in [0, 0.1) is 0 Å². The molecule has 0 aliphatic heterocycles. The number of halogens is 1. The fraction of sp³-hybridized carbons (Fsp3) is 0.500. The third-order valence-electron chi connectivity index (χ3n) is 3.99. The standard InChI is InChI=1S/C18H28N4OS2.HI/c1-5-19-17(21-13-18(2,23)14-8-10-24-12-14)20-11-15(22(3)4)16-7-6-9-25-16;/h6-10,12,15,23H,5,11,13H2,1-4H3,(H2,19,20,21);1H. The van der Waals surface area contributed by atoms with E-state index >= 15 is 0 Å². The molecule has 0 radical (unpaired) electrons. The Balaban J connectivity index is 0.00000338. The molecule has 0 fully saturated rings.